The Labute approximate surface area is 104 Å². The molecule has 0 amide bonds. The quantitative estimate of drug-likeness (QED) is 0.827. The van der Waals surface area contributed by atoms with Gasteiger partial charge in [0.2, 0.25) is 6.79 Å². The maximum absolute atomic E-state index is 12.0. The molecule has 0 saturated carbocycles. The van der Waals surface area contributed by atoms with Gasteiger partial charge in [-0.05, 0) is 24.6 Å². The van der Waals surface area contributed by atoms with E-state index in [2.05, 4.69) is 0 Å². The zero-order valence-electron chi connectivity index (χ0n) is 10.2. The molecular weight excluding hydrogens is 236 g/mol. The SMILES string of the molecule is Cc1cc2c(cc1C(=O)CC(C)C(=O)O)OCO2. The van der Waals surface area contributed by atoms with Crippen LogP contribution in [0.15, 0.2) is 12.1 Å². The number of benzene rings is 1. The third-order valence-electron chi connectivity index (χ3n) is 2.93. The highest BCUT2D eigenvalue weighted by Gasteiger charge is 2.22. The lowest BCUT2D eigenvalue weighted by Crippen LogP contribution is -2.15. The van der Waals surface area contributed by atoms with Crippen LogP contribution in [0.1, 0.15) is 29.3 Å². The van der Waals surface area contributed by atoms with E-state index in [0.717, 1.165) is 5.56 Å². The first kappa shape index (κ1) is 12.4. The molecule has 1 aliphatic heterocycles. The van der Waals surface area contributed by atoms with Gasteiger partial charge in [0.25, 0.3) is 0 Å². The third kappa shape index (κ3) is 2.30. The average Bonchev–Trinajstić information content (AvgIpc) is 2.74. The highest BCUT2D eigenvalue weighted by Crippen LogP contribution is 2.35. The molecule has 1 atom stereocenters. The number of carbonyl (C=O) groups is 2. The first-order chi connectivity index (χ1) is 8.49. The van der Waals surface area contributed by atoms with Gasteiger partial charge < -0.3 is 14.6 Å². The monoisotopic (exact) mass is 250 g/mol. The number of carboxylic acids is 1. The van der Waals surface area contributed by atoms with Gasteiger partial charge in [0.05, 0.1) is 5.92 Å². The number of ketones is 1. The van der Waals surface area contributed by atoms with E-state index >= 15 is 0 Å². The van der Waals surface area contributed by atoms with E-state index in [1.54, 1.807) is 19.1 Å². The summed E-state index contributed by atoms with van der Waals surface area (Å²) in [6, 6.07) is 3.36. The van der Waals surface area contributed by atoms with Crippen LogP contribution in [0.5, 0.6) is 11.5 Å². The van der Waals surface area contributed by atoms with Gasteiger partial charge in [0.1, 0.15) is 0 Å². The molecule has 0 bridgehead atoms. The summed E-state index contributed by atoms with van der Waals surface area (Å²) in [6.45, 7) is 3.46. The predicted octanol–water partition coefficient (Wildman–Crippen LogP) is 2.02. The van der Waals surface area contributed by atoms with Crippen molar-refractivity contribution in [3.8, 4) is 11.5 Å². The molecule has 0 spiro atoms. The lowest BCUT2D eigenvalue weighted by molar-refractivity contribution is -0.141. The maximum Gasteiger partial charge on any atom is 0.306 e. The summed E-state index contributed by atoms with van der Waals surface area (Å²) >= 11 is 0. The first-order valence-electron chi connectivity index (χ1n) is 5.65. The summed E-state index contributed by atoms with van der Waals surface area (Å²) < 4.78 is 10.4. The summed E-state index contributed by atoms with van der Waals surface area (Å²) in [6.07, 6.45) is -0.0180. The van der Waals surface area contributed by atoms with Crippen molar-refractivity contribution < 1.29 is 24.2 Å². The van der Waals surface area contributed by atoms with Crippen molar-refractivity contribution >= 4 is 11.8 Å². The number of ether oxygens (including phenoxy) is 2. The standard InChI is InChI=1S/C13H14O5/c1-7-4-11-12(18-6-17-11)5-9(7)10(14)3-8(2)13(15)16/h4-5,8H,3,6H2,1-2H3,(H,15,16). The van der Waals surface area contributed by atoms with Gasteiger partial charge in [-0.3, -0.25) is 9.59 Å². The Morgan fingerprint density at radius 1 is 1.33 bits per heavy atom. The zero-order chi connectivity index (χ0) is 13.3. The van der Waals surface area contributed by atoms with Crippen molar-refractivity contribution in [2.75, 3.05) is 6.79 Å². The van der Waals surface area contributed by atoms with Gasteiger partial charge >= 0.3 is 5.97 Å². The van der Waals surface area contributed by atoms with Gasteiger partial charge in [-0.15, -0.1) is 0 Å². The van der Waals surface area contributed by atoms with Crippen LogP contribution in [0.4, 0.5) is 0 Å². The number of hydrogen-bond acceptors (Lipinski definition) is 4. The molecule has 0 aromatic heterocycles. The minimum atomic E-state index is -0.971. The lowest BCUT2D eigenvalue weighted by atomic mass is 9.96. The van der Waals surface area contributed by atoms with Gasteiger partial charge in [0.15, 0.2) is 17.3 Å². The van der Waals surface area contributed by atoms with Crippen molar-refractivity contribution in [3.05, 3.63) is 23.3 Å². The highest BCUT2D eigenvalue weighted by atomic mass is 16.7. The molecule has 1 heterocycles. The summed E-state index contributed by atoms with van der Waals surface area (Å²) in [5.41, 5.74) is 1.26. The maximum atomic E-state index is 12.0. The second kappa shape index (κ2) is 4.68. The van der Waals surface area contributed by atoms with E-state index in [1.807, 2.05) is 0 Å². The molecule has 1 N–H and O–H groups in total. The van der Waals surface area contributed by atoms with Crippen LogP contribution in [0.25, 0.3) is 0 Å². The number of hydrogen-bond donors (Lipinski definition) is 1. The third-order valence-corrected chi connectivity index (χ3v) is 2.93. The Kier molecular flexibility index (Phi) is 3.23. The van der Waals surface area contributed by atoms with E-state index in [0.29, 0.717) is 17.1 Å². The van der Waals surface area contributed by atoms with E-state index in [9.17, 15) is 9.59 Å². The van der Waals surface area contributed by atoms with Crippen LogP contribution < -0.4 is 9.47 Å². The molecule has 1 aromatic carbocycles. The molecule has 0 saturated heterocycles. The summed E-state index contributed by atoms with van der Waals surface area (Å²) in [7, 11) is 0. The highest BCUT2D eigenvalue weighted by molar-refractivity contribution is 5.99. The largest absolute Gasteiger partial charge is 0.481 e. The second-order valence-electron chi connectivity index (χ2n) is 4.39. The van der Waals surface area contributed by atoms with E-state index < -0.39 is 11.9 Å². The number of Topliss-reactive ketones (excluding diaryl/α,β-unsaturated/α-hetero) is 1. The minimum Gasteiger partial charge on any atom is -0.481 e. The van der Waals surface area contributed by atoms with Crippen LogP contribution in [-0.4, -0.2) is 23.7 Å². The molecule has 0 radical (unpaired) electrons. The van der Waals surface area contributed by atoms with Crippen LogP contribution >= 0.6 is 0 Å². The van der Waals surface area contributed by atoms with Gasteiger partial charge in [0, 0.05) is 12.0 Å². The Hall–Kier alpha value is -2.04. The molecule has 5 heteroatoms. The fraction of sp³-hybridized carbons (Fsp3) is 0.385. The van der Waals surface area contributed by atoms with Crippen molar-refractivity contribution in [1.29, 1.82) is 0 Å². The topological polar surface area (TPSA) is 72.8 Å². The van der Waals surface area contributed by atoms with Crippen molar-refractivity contribution in [2.24, 2.45) is 5.92 Å². The van der Waals surface area contributed by atoms with Crippen LogP contribution in [0, 0.1) is 12.8 Å². The van der Waals surface area contributed by atoms with Gasteiger partial charge in [-0.2, -0.15) is 0 Å². The number of aliphatic carboxylic acids is 1. The predicted molar refractivity (Wildman–Crippen MR) is 63.0 cm³/mol. The fourth-order valence-electron chi connectivity index (χ4n) is 1.82. The molecule has 5 nitrogen and oxygen atoms in total. The summed E-state index contributed by atoms with van der Waals surface area (Å²) in [5, 5.41) is 8.81. The molecular formula is C13H14O5. The first-order valence-corrected chi connectivity index (χ1v) is 5.65. The van der Waals surface area contributed by atoms with Crippen molar-refractivity contribution in [1.82, 2.24) is 0 Å². The van der Waals surface area contributed by atoms with E-state index in [4.69, 9.17) is 14.6 Å². The van der Waals surface area contributed by atoms with Crippen LogP contribution in [0.3, 0.4) is 0 Å². The molecule has 1 unspecified atom stereocenters. The molecule has 1 aromatic rings. The lowest BCUT2D eigenvalue weighted by Gasteiger charge is -2.08. The fourth-order valence-corrected chi connectivity index (χ4v) is 1.82. The minimum absolute atomic E-state index is 0.0180. The number of carboxylic acid groups (broad SMARTS) is 1. The van der Waals surface area contributed by atoms with Crippen molar-refractivity contribution in [2.45, 2.75) is 20.3 Å². The molecule has 0 aliphatic carbocycles. The van der Waals surface area contributed by atoms with Crippen LogP contribution in [0.2, 0.25) is 0 Å². The zero-order valence-corrected chi connectivity index (χ0v) is 10.2. The number of fused-ring (bicyclic) bond motifs is 1. The Morgan fingerprint density at radius 3 is 2.56 bits per heavy atom. The molecule has 2 rings (SSSR count). The average molecular weight is 250 g/mol. The molecule has 18 heavy (non-hydrogen) atoms. The smallest absolute Gasteiger partial charge is 0.306 e. The van der Waals surface area contributed by atoms with Gasteiger partial charge in [-0.1, -0.05) is 6.92 Å². The van der Waals surface area contributed by atoms with Crippen molar-refractivity contribution in [3.63, 3.8) is 0 Å². The van der Waals surface area contributed by atoms with E-state index in [1.165, 1.54) is 6.92 Å². The van der Waals surface area contributed by atoms with Crippen LogP contribution in [-0.2, 0) is 4.79 Å². The number of aryl methyl sites for hydroxylation is 1. The number of rotatable bonds is 4. The van der Waals surface area contributed by atoms with E-state index in [-0.39, 0.29) is 19.0 Å². The number of carbonyl (C=O) groups excluding carboxylic acids is 1. The summed E-state index contributed by atoms with van der Waals surface area (Å²) in [4.78, 5) is 22.8. The Morgan fingerprint density at radius 2 is 1.94 bits per heavy atom. The summed E-state index contributed by atoms with van der Waals surface area (Å²) in [5.74, 6) is -0.702. The molecule has 0 fully saturated rings. The normalized spacial score (nSPS) is 14.3. The van der Waals surface area contributed by atoms with Gasteiger partial charge in [-0.25, -0.2) is 0 Å². The molecule has 1 aliphatic rings. The Balaban J connectivity index is 2.23. The molecule has 96 valence electrons. The Bertz CT molecular complexity index is 506. The second-order valence-corrected chi connectivity index (χ2v) is 4.39.